The molecule has 20 heavy (non-hydrogen) atoms. The number of rotatable bonds is 4. The maximum absolute atomic E-state index is 3.81. The van der Waals surface area contributed by atoms with Crippen molar-refractivity contribution >= 4 is 15.9 Å². The smallest absolute Gasteiger partial charge is 0.0175 e. The molecule has 0 spiro atoms. The van der Waals surface area contributed by atoms with Gasteiger partial charge in [0.25, 0.3) is 0 Å². The van der Waals surface area contributed by atoms with Gasteiger partial charge in [-0.1, -0.05) is 47.8 Å². The highest BCUT2D eigenvalue weighted by Crippen LogP contribution is 2.37. The van der Waals surface area contributed by atoms with E-state index >= 15 is 0 Å². The van der Waals surface area contributed by atoms with E-state index in [4.69, 9.17) is 0 Å². The average molecular weight is 336 g/mol. The third kappa shape index (κ3) is 3.65. The molecule has 0 atom stereocenters. The molecular formula is C18H26BrN. The zero-order valence-corrected chi connectivity index (χ0v) is 14.0. The van der Waals surface area contributed by atoms with Crippen LogP contribution in [0, 0.1) is 11.8 Å². The van der Waals surface area contributed by atoms with Crippen molar-refractivity contribution < 1.29 is 0 Å². The van der Waals surface area contributed by atoms with Crippen molar-refractivity contribution in [3.63, 3.8) is 0 Å². The van der Waals surface area contributed by atoms with Crippen molar-refractivity contribution in [3.8, 4) is 0 Å². The fourth-order valence-corrected chi connectivity index (χ4v) is 3.92. The molecule has 2 fully saturated rings. The maximum atomic E-state index is 3.81. The maximum Gasteiger partial charge on any atom is 0.0175 e. The molecule has 2 aliphatic carbocycles. The molecule has 0 aliphatic heterocycles. The summed E-state index contributed by atoms with van der Waals surface area (Å²) in [6.45, 7) is 3.66. The Morgan fingerprint density at radius 2 is 1.70 bits per heavy atom. The first-order valence-corrected chi connectivity index (χ1v) is 8.99. The van der Waals surface area contributed by atoms with Crippen LogP contribution in [-0.4, -0.2) is 12.6 Å². The third-order valence-corrected chi connectivity index (χ3v) is 5.84. The van der Waals surface area contributed by atoms with Crippen LogP contribution >= 0.6 is 15.9 Å². The first-order chi connectivity index (χ1) is 9.70. The van der Waals surface area contributed by atoms with Crippen LogP contribution in [0.25, 0.3) is 0 Å². The molecule has 0 heterocycles. The fourth-order valence-electron chi connectivity index (χ4n) is 3.66. The van der Waals surface area contributed by atoms with Gasteiger partial charge in [-0.05, 0) is 67.7 Å². The van der Waals surface area contributed by atoms with Crippen molar-refractivity contribution in [1.82, 2.24) is 5.32 Å². The summed E-state index contributed by atoms with van der Waals surface area (Å²) in [6.07, 6.45) is 8.42. The molecule has 110 valence electrons. The highest BCUT2D eigenvalue weighted by molar-refractivity contribution is 9.10. The summed E-state index contributed by atoms with van der Waals surface area (Å²) in [7, 11) is 0. The Kier molecular flexibility index (Phi) is 4.83. The second kappa shape index (κ2) is 6.62. The van der Waals surface area contributed by atoms with E-state index in [1.54, 1.807) is 0 Å². The lowest BCUT2D eigenvalue weighted by Crippen LogP contribution is -2.42. The number of hydrogen-bond acceptors (Lipinski definition) is 1. The van der Waals surface area contributed by atoms with Gasteiger partial charge < -0.3 is 5.32 Å². The van der Waals surface area contributed by atoms with E-state index in [0.29, 0.717) is 0 Å². The molecule has 2 heteroatoms. The topological polar surface area (TPSA) is 12.0 Å². The molecule has 1 nitrogen and oxygen atoms in total. The molecule has 1 aromatic carbocycles. The van der Waals surface area contributed by atoms with Crippen molar-refractivity contribution in [2.45, 2.75) is 57.4 Å². The van der Waals surface area contributed by atoms with Crippen molar-refractivity contribution in [3.05, 3.63) is 34.3 Å². The van der Waals surface area contributed by atoms with Gasteiger partial charge in [0, 0.05) is 10.5 Å². The van der Waals surface area contributed by atoms with Crippen LogP contribution in [0.5, 0.6) is 0 Å². The fraction of sp³-hybridized carbons (Fsp3) is 0.667. The third-order valence-electron chi connectivity index (χ3n) is 5.31. The quantitative estimate of drug-likeness (QED) is 0.805. The predicted octanol–water partition coefficient (Wildman–Crippen LogP) is 5.11. The van der Waals surface area contributed by atoms with Crippen LogP contribution in [0.2, 0.25) is 0 Å². The summed E-state index contributed by atoms with van der Waals surface area (Å²) in [5.41, 5.74) is 1.51. The van der Waals surface area contributed by atoms with E-state index in [2.05, 4.69) is 52.4 Å². The monoisotopic (exact) mass is 335 g/mol. The van der Waals surface area contributed by atoms with E-state index < -0.39 is 0 Å². The van der Waals surface area contributed by atoms with Gasteiger partial charge >= 0.3 is 0 Å². The van der Waals surface area contributed by atoms with Crippen LogP contribution in [0.3, 0.4) is 0 Å². The van der Waals surface area contributed by atoms with Crippen LogP contribution in [0.4, 0.5) is 0 Å². The SMILES string of the molecule is CC1CCC(CNC2CC(c3ccc(Br)cc3)C2)CC1. The molecule has 2 saturated carbocycles. The van der Waals surface area contributed by atoms with Gasteiger partial charge in [-0.15, -0.1) is 0 Å². The number of hydrogen-bond donors (Lipinski definition) is 1. The first kappa shape index (κ1) is 14.6. The summed E-state index contributed by atoms with van der Waals surface area (Å²) >= 11 is 3.51. The Morgan fingerprint density at radius 3 is 2.35 bits per heavy atom. The second-order valence-corrected chi connectivity index (χ2v) is 7.87. The Hall–Kier alpha value is -0.340. The van der Waals surface area contributed by atoms with Crippen LogP contribution < -0.4 is 5.32 Å². The Balaban J connectivity index is 1.37. The molecule has 1 N–H and O–H groups in total. The van der Waals surface area contributed by atoms with Gasteiger partial charge in [-0.2, -0.15) is 0 Å². The number of benzene rings is 1. The van der Waals surface area contributed by atoms with Crippen molar-refractivity contribution in [2.24, 2.45) is 11.8 Å². The second-order valence-electron chi connectivity index (χ2n) is 6.95. The van der Waals surface area contributed by atoms with Crippen molar-refractivity contribution in [1.29, 1.82) is 0 Å². The molecule has 0 unspecified atom stereocenters. The van der Waals surface area contributed by atoms with Gasteiger partial charge in [0.05, 0.1) is 0 Å². The lowest BCUT2D eigenvalue weighted by atomic mass is 9.75. The Labute approximate surface area is 131 Å². The minimum atomic E-state index is 0.767. The molecule has 0 saturated heterocycles. The Morgan fingerprint density at radius 1 is 1.05 bits per heavy atom. The summed E-state index contributed by atoms with van der Waals surface area (Å²) in [5, 5.41) is 3.81. The summed E-state index contributed by atoms with van der Waals surface area (Å²) in [6, 6.07) is 9.64. The zero-order chi connectivity index (χ0) is 13.9. The lowest BCUT2D eigenvalue weighted by molar-refractivity contribution is 0.236. The van der Waals surface area contributed by atoms with Crippen LogP contribution in [0.15, 0.2) is 28.7 Å². The van der Waals surface area contributed by atoms with Crippen LogP contribution in [-0.2, 0) is 0 Å². The molecular weight excluding hydrogens is 310 g/mol. The lowest BCUT2D eigenvalue weighted by Gasteiger charge is -2.38. The van der Waals surface area contributed by atoms with E-state index in [1.165, 1.54) is 55.1 Å². The first-order valence-electron chi connectivity index (χ1n) is 8.19. The van der Waals surface area contributed by atoms with Gasteiger partial charge in [0.15, 0.2) is 0 Å². The van der Waals surface area contributed by atoms with E-state index in [1.807, 2.05) is 0 Å². The molecule has 0 radical (unpaired) electrons. The van der Waals surface area contributed by atoms with Crippen LogP contribution in [0.1, 0.15) is 56.9 Å². The molecule has 2 aliphatic rings. The van der Waals surface area contributed by atoms with E-state index in [9.17, 15) is 0 Å². The average Bonchev–Trinajstić information content (AvgIpc) is 2.41. The van der Waals surface area contributed by atoms with Crippen molar-refractivity contribution in [2.75, 3.05) is 6.54 Å². The zero-order valence-electron chi connectivity index (χ0n) is 12.4. The van der Waals surface area contributed by atoms with Gasteiger partial charge in [0.2, 0.25) is 0 Å². The molecule has 0 bridgehead atoms. The summed E-state index contributed by atoms with van der Waals surface area (Å²) in [5.74, 6) is 2.70. The standard InChI is InChI=1S/C18H26BrN/c1-13-2-4-14(5-3-13)12-20-18-10-16(11-18)15-6-8-17(19)9-7-15/h6-9,13-14,16,18,20H,2-5,10-12H2,1H3. The largest absolute Gasteiger partial charge is 0.314 e. The predicted molar refractivity (Wildman–Crippen MR) is 89.0 cm³/mol. The summed E-state index contributed by atoms with van der Waals surface area (Å²) in [4.78, 5) is 0. The molecule has 0 aromatic heterocycles. The molecule has 1 aromatic rings. The highest BCUT2D eigenvalue weighted by atomic mass is 79.9. The normalized spacial score (nSPS) is 33.7. The van der Waals surface area contributed by atoms with E-state index in [-0.39, 0.29) is 0 Å². The van der Waals surface area contributed by atoms with Gasteiger partial charge in [-0.25, -0.2) is 0 Å². The minimum absolute atomic E-state index is 0.767. The van der Waals surface area contributed by atoms with Gasteiger partial charge in [0.1, 0.15) is 0 Å². The minimum Gasteiger partial charge on any atom is -0.314 e. The summed E-state index contributed by atoms with van der Waals surface area (Å²) < 4.78 is 1.18. The Bertz CT molecular complexity index is 414. The van der Waals surface area contributed by atoms with Gasteiger partial charge in [-0.3, -0.25) is 0 Å². The molecule has 0 amide bonds. The van der Waals surface area contributed by atoms with E-state index in [0.717, 1.165) is 23.8 Å². The number of nitrogens with one attached hydrogen (secondary N) is 1. The number of halogens is 1. The molecule has 3 rings (SSSR count). The highest BCUT2D eigenvalue weighted by Gasteiger charge is 2.30.